The minimum atomic E-state index is -0.741. The largest absolute Gasteiger partial charge is 0.489 e. The molecule has 0 amide bonds. The average Bonchev–Trinajstić information content (AvgIpc) is 3.26. The molecular weight excluding hydrogens is 424 g/mol. The highest BCUT2D eigenvalue weighted by Crippen LogP contribution is 2.37. The van der Waals surface area contributed by atoms with Crippen LogP contribution in [0.2, 0.25) is 0 Å². The molecular formula is C25H24N2O6. The lowest BCUT2D eigenvalue weighted by atomic mass is 10.0. The predicted octanol–water partition coefficient (Wildman–Crippen LogP) is 4.24. The Hall–Kier alpha value is -4.33. The van der Waals surface area contributed by atoms with Gasteiger partial charge in [-0.25, -0.2) is 14.3 Å². The molecule has 170 valence electrons. The van der Waals surface area contributed by atoms with Gasteiger partial charge in [0, 0.05) is 11.6 Å². The Kier molecular flexibility index (Phi) is 7.64. The zero-order valence-electron chi connectivity index (χ0n) is 18.4. The summed E-state index contributed by atoms with van der Waals surface area (Å²) in [6.45, 7) is 7.83. The van der Waals surface area contributed by atoms with Crippen LogP contribution < -0.4 is 9.47 Å². The van der Waals surface area contributed by atoms with E-state index in [0.717, 1.165) is 0 Å². The number of aromatic nitrogens is 2. The van der Waals surface area contributed by atoms with E-state index < -0.39 is 11.9 Å². The van der Waals surface area contributed by atoms with Gasteiger partial charge in [0.2, 0.25) is 0 Å². The summed E-state index contributed by atoms with van der Waals surface area (Å²) in [5.41, 5.74) is 1.11. The first kappa shape index (κ1) is 23.3. The SMILES string of the molecule is C=CCOc1ccc(-c2nn(-c3ccccc3)c(C(=O)OC)c2C(=O)OC)c(OCC=C)c1. The number of carbonyl (C=O) groups is 2. The lowest BCUT2D eigenvalue weighted by Gasteiger charge is -2.12. The van der Waals surface area contributed by atoms with Crippen LogP contribution in [-0.4, -0.2) is 49.2 Å². The fourth-order valence-electron chi connectivity index (χ4n) is 3.15. The molecule has 1 aromatic heterocycles. The molecule has 8 nitrogen and oxygen atoms in total. The normalized spacial score (nSPS) is 10.2. The second-order valence-corrected chi connectivity index (χ2v) is 6.66. The molecule has 0 unspecified atom stereocenters. The first-order chi connectivity index (χ1) is 16.0. The highest BCUT2D eigenvalue weighted by atomic mass is 16.5. The molecule has 2 aromatic carbocycles. The van der Waals surface area contributed by atoms with E-state index >= 15 is 0 Å². The van der Waals surface area contributed by atoms with Crippen molar-refractivity contribution in [3.8, 4) is 28.4 Å². The van der Waals surface area contributed by atoms with E-state index in [1.165, 1.54) is 18.9 Å². The number of esters is 2. The Labute approximate surface area is 191 Å². The highest BCUT2D eigenvalue weighted by molar-refractivity contribution is 6.07. The number of rotatable bonds is 10. The summed E-state index contributed by atoms with van der Waals surface area (Å²) >= 11 is 0. The zero-order chi connectivity index (χ0) is 23.8. The molecule has 0 fully saturated rings. The van der Waals surface area contributed by atoms with E-state index in [0.29, 0.717) is 29.4 Å². The van der Waals surface area contributed by atoms with Gasteiger partial charge < -0.3 is 18.9 Å². The van der Waals surface area contributed by atoms with E-state index in [9.17, 15) is 9.59 Å². The summed E-state index contributed by atoms with van der Waals surface area (Å²) in [6, 6.07) is 14.0. The molecule has 0 atom stereocenters. The van der Waals surface area contributed by atoms with E-state index in [4.69, 9.17) is 18.9 Å². The molecule has 1 heterocycles. The molecule has 0 aliphatic carbocycles. The second kappa shape index (κ2) is 10.8. The maximum absolute atomic E-state index is 12.9. The Morgan fingerprint density at radius 1 is 0.939 bits per heavy atom. The van der Waals surface area contributed by atoms with Gasteiger partial charge in [0.25, 0.3) is 0 Å². The number of benzene rings is 2. The number of hydrogen-bond acceptors (Lipinski definition) is 7. The van der Waals surface area contributed by atoms with Crippen molar-refractivity contribution in [3.63, 3.8) is 0 Å². The van der Waals surface area contributed by atoms with Gasteiger partial charge in [0.1, 0.15) is 36.0 Å². The Bertz CT molecular complexity index is 1170. The van der Waals surface area contributed by atoms with E-state index in [2.05, 4.69) is 18.3 Å². The van der Waals surface area contributed by atoms with Crippen LogP contribution in [0.3, 0.4) is 0 Å². The molecule has 0 aliphatic heterocycles. The zero-order valence-corrected chi connectivity index (χ0v) is 18.4. The number of para-hydroxylation sites is 1. The molecule has 0 saturated carbocycles. The quantitative estimate of drug-likeness (QED) is 0.338. The minimum Gasteiger partial charge on any atom is -0.489 e. The molecule has 8 heteroatoms. The van der Waals surface area contributed by atoms with Crippen LogP contribution in [0.1, 0.15) is 20.8 Å². The Morgan fingerprint density at radius 2 is 1.61 bits per heavy atom. The molecule has 0 saturated heterocycles. The van der Waals surface area contributed by atoms with Gasteiger partial charge >= 0.3 is 11.9 Å². The van der Waals surface area contributed by atoms with Gasteiger partial charge in [0.05, 0.1) is 19.9 Å². The number of hydrogen-bond donors (Lipinski definition) is 0. The molecule has 0 spiro atoms. The number of ether oxygens (including phenoxy) is 4. The molecule has 0 radical (unpaired) electrons. The van der Waals surface area contributed by atoms with Gasteiger partial charge in [-0.15, -0.1) is 0 Å². The predicted molar refractivity (Wildman–Crippen MR) is 123 cm³/mol. The van der Waals surface area contributed by atoms with E-state index in [1.807, 2.05) is 6.07 Å². The third kappa shape index (κ3) is 4.95. The molecule has 33 heavy (non-hydrogen) atoms. The van der Waals surface area contributed by atoms with Crippen molar-refractivity contribution >= 4 is 11.9 Å². The number of methoxy groups -OCH3 is 2. The van der Waals surface area contributed by atoms with Crippen LogP contribution in [-0.2, 0) is 9.47 Å². The lowest BCUT2D eigenvalue weighted by molar-refractivity contribution is 0.0549. The topological polar surface area (TPSA) is 88.9 Å². The summed E-state index contributed by atoms with van der Waals surface area (Å²) in [5, 5.41) is 4.60. The fourth-order valence-corrected chi connectivity index (χ4v) is 3.15. The summed E-state index contributed by atoms with van der Waals surface area (Å²) in [7, 11) is 2.46. The van der Waals surface area contributed by atoms with Gasteiger partial charge in [-0.05, 0) is 24.3 Å². The van der Waals surface area contributed by atoms with E-state index in [-0.39, 0.29) is 23.6 Å². The third-order valence-electron chi connectivity index (χ3n) is 4.59. The van der Waals surface area contributed by atoms with Crippen LogP contribution in [0.15, 0.2) is 73.8 Å². The Balaban J connectivity index is 2.30. The Morgan fingerprint density at radius 3 is 2.24 bits per heavy atom. The standard InChI is InChI=1S/C25H24N2O6/c1-5-14-32-18-12-13-19(20(16-18)33-15-6-2)22-21(24(28)30-3)23(25(29)31-4)27(26-22)17-10-8-7-9-11-17/h5-13,16H,1-2,14-15H2,3-4H3. The van der Waals surface area contributed by atoms with Crippen molar-refractivity contribution in [2.45, 2.75) is 0 Å². The van der Waals surface area contributed by atoms with Crippen LogP contribution in [0, 0.1) is 0 Å². The van der Waals surface area contributed by atoms with Crippen molar-refractivity contribution in [3.05, 3.63) is 85.1 Å². The number of carbonyl (C=O) groups excluding carboxylic acids is 2. The third-order valence-corrected chi connectivity index (χ3v) is 4.59. The van der Waals surface area contributed by atoms with Crippen LogP contribution in [0.25, 0.3) is 16.9 Å². The number of nitrogens with zero attached hydrogens (tertiary/aromatic N) is 2. The highest BCUT2D eigenvalue weighted by Gasteiger charge is 2.32. The maximum atomic E-state index is 12.9. The van der Waals surface area contributed by atoms with Crippen molar-refractivity contribution in [2.75, 3.05) is 27.4 Å². The van der Waals surface area contributed by atoms with Crippen molar-refractivity contribution < 1.29 is 28.5 Å². The lowest BCUT2D eigenvalue weighted by Crippen LogP contribution is -2.15. The van der Waals surface area contributed by atoms with Gasteiger partial charge in [-0.1, -0.05) is 43.5 Å². The maximum Gasteiger partial charge on any atom is 0.357 e. The van der Waals surface area contributed by atoms with Gasteiger partial charge in [-0.3, -0.25) is 0 Å². The second-order valence-electron chi connectivity index (χ2n) is 6.66. The monoisotopic (exact) mass is 448 g/mol. The molecule has 0 N–H and O–H groups in total. The summed E-state index contributed by atoms with van der Waals surface area (Å²) < 4.78 is 22.7. The van der Waals surface area contributed by atoms with Crippen molar-refractivity contribution in [1.29, 1.82) is 0 Å². The van der Waals surface area contributed by atoms with Crippen LogP contribution in [0.5, 0.6) is 11.5 Å². The fraction of sp³-hybridized carbons (Fsp3) is 0.160. The van der Waals surface area contributed by atoms with Crippen molar-refractivity contribution in [1.82, 2.24) is 9.78 Å². The summed E-state index contributed by atoms with van der Waals surface area (Å²) in [6.07, 6.45) is 3.21. The molecule has 0 bridgehead atoms. The molecule has 0 aliphatic rings. The van der Waals surface area contributed by atoms with Gasteiger partial charge in [0.15, 0.2) is 5.69 Å². The first-order valence-electron chi connectivity index (χ1n) is 10.0. The molecule has 3 aromatic rings. The smallest absolute Gasteiger partial charge is 0.357 e. The summed E-state index contributed by atoms with van der Waals surface area (Å²) in [5.74, 6) is -0.560. The average molecular weight is 448 g/mol. The van der Waals surface area contributed by atoms with Crippen LogP contribution in [0.4, 0.5) is 0 Å². The minimum absolute atomic E-state index is 0.0450. The summed E-state index contributed by atoms with van der Waals surface area (Å²) in [4.78, 5) is 25.6. The van der Waals surface area contributed by atoms with Crippen LogP contribution >= 0.6 is 0 Å². The van der Waals surface area contributed by atoms with Crippen molar-refractivity contribution in [2.24, 2.45) is 0 Å². The first-order valence-corrected chi connectivity index (χ1v) is 10.0. The van der Waals surface area contributed by atoms with E-state index in [1.54, 1.807) is 54.6 Å². The van der Waals surface area contributed by atoms with Gasteiger partial charge in [-0.2, -0.15) is 5.10 Å². The molecule has 3 rings (SSSR count).